The van der Waals surface area contributed by atoms with E-state index >= 15 is 0 Å². The highest BCUT2D eigenvalue weighted by molar-refractivity contribution is 5.14. The summed E-state index contributed by atoms with van der Waals surface area (Å²) < 4.78 is 0. The van der Waals surface area contributed by atoms with Gasteiger partial charge in [0.25, 0.3) is 0 Å². The number of nitrogens with zero attached hydrogens (tertiary/aromatic N) is 2. The van der Waals surface area contributed by atoms with Crippen LogP contribution in [0.15, 0.2) is 24.3 Å². The van der Waals surface area contributed by atoms with Gasteiger partial charge >= 0.3 is 0 Å². The number of fused-ring (bicyclic) bond motifs is 1. The molecule has 0 radical (unpaired) electrons. The Labute approximate surface area is 565 Å². The second kappa shape index (κ2) is 39.1. The van der Waals surface area contributed by atoms with Crippen LogP contribution < -0.4 is 0 Å². The third kappa shape index (κ3) is 20.0. The summed E-state index contributed by atoms with van der Waals surface area (Å²) in [4.78, 5) is 7.60. The lowest BCUT2D eigenvalue weighted by molar-refractivity contribution is -0.177. The molecule has 522 valence electrons. The minimum absolute atomic E-state index is 0.714. The van der Waals surface area contributed by atoms with Gasteiger partial charge < -0.3 is 0 Å². The Bertz CT molecular complexity index is 1740. The molecular formula is C88H160N2. The topological polar surface area (TPSA) is 6.48 Å². The van der Waals surface area contributed by atoms with Gasteiger partial charge in [0, 0.05) is 36.3 Å². The number of allylic oxidation sites excluding steroid dienone is 4. The first kappa shape index (κ1) is 75.2. The highest BCUT2D eigenvalue weighted by Gasteiger charge is 2.60. The Balaban J connectivity index is 1.32. The van der Waals surface area contributed by atoms with E-state index in [0.717, 1.165) is 143 Å². The van der Waals surface area contributed by atoms with Crippen molar-refractivity contribution >= 4 is 0 Å². The fourth-order valence-electron chi connectivity index (χ4n) is 24.2. The fraction of sp³-hybridized carbons (Fsp3) is 0.955. The second-order valence-corrected chi connectivity index (χ2v) is 35.8. The summed E-state index contributed by atoms with van der Waals surface area (Å²) in [6, 6.07) is 4.46. The first-order valence-corrected chi connectivity index (χ1v) is 42.7. The van der Waals surface area contributed by atoms with E-state index in [1.807, 2.05) is 0 Å². The summed E-state index contributed by atoms with van der Waals surface area (Å²) in [7, 11) is 0. The van der Waals surface area contributed by atoms with E-state index in [1.165, 1.54) is 283 Å². The summed E-state index contributed by atoms with van der Waals surface area (Å²) in [6.45, 7) is 36.9. The largest absolute Gasteiger partial charge is 0.293 e. The molecule has 8 aliphatic rings. The molecule has 0 N–H and O–H groups in total. The van der Waals surface area contributed by atoms with Crippen LogP contribution in [0.1, 0.15) is 379 Å². The van der Waals surface area contributed by atoms with Gasteiger partial charge in [0.15, 0.2) is 0 Å². The summed E-state index contributed by atoms with van der Waals surface area (Å²) in [5.41, 5.74) is 0. The first-order chi connectivity index (χ1) is 43.8. The summed E-state index contributed by atoms with van der Waals surface area (Å²) >= 11 is 0. The maximum atomic E-state index is 3.80. The minimum Gasteiger partial charge on any atom is -0.293 e. The Morgan fingerprint density at radius 3 is 0.700 bits per heavy atom. The lowest BCUT2D eigenvalue weighted by atomic mass is 9.54. The molecule has 14 unspecified atom stereocenters. The normalized spacial score (nSPS) is 41.5. The molecule has 8 aliphatic carbocycles. The predicted molar refractivity (Wildman–Crippen MR) is 397 cm³/mol. The van der Waals surface area contributed by atoms with Crippen LogP contribution in [0, 0.1) is 118 Å². The number of hydrogen-bond donors (Lipinski definition) is 0. The van der Waals surface area contributed by atoms with Crippen LogP contribution in [0.25, 0.3) is 0 Å². The quantitative estimate of drug-likeness (QED) is 0.0593. The standard InChI is InChI=1S/C88H160N2/c1-15-23-33-73-55-65(11)56-74(34-24-16-2)85(73)89(87-77(37-27-19-5)59-71(60-78(87)38-28-20-6)53-51-69-47-43-63(9)44-48-69)83-67(13)68(14)84(82-42-32-31-41-81(82)83)90(86-75(35-25-17-3)57-66(12)58-76(86)36-26-18-4)88-79(39-29-21-7)61-72(62-80(88)40-30-22-8)54-52-70-49-45-64(10)46-50-70/h51-54,63-88H,15-50,55-62H2,1-14H3/b53-51+,54-52+. The molecule has 0 bridgehead atoms. The molecule has 2 heteroatoms. The molecule has 2 nitrogen and oxygen atoms in total. The van der Waals surface area contributed by atoms with Gasteiger partial charge in [0.1, 0.15) is 0 Å². The minimum atomic E-state index is 0.714. The number of rotatable bonds is 34. The lowest BCUT2D eigenvalue weighted by Crippen LogP contribution is -2.72. The fourth-order valence-corrected chi connectivity index (χ4v) is 24.2. The second-order valence-electron chi connectivity index (χ2n) is 35.8. The SMILES string of the molecule is CCCCC1CC(C)CC(CCCC)C1N(C1C(CCCC)CC(/C=C/C2CCC(C)CC2)CC1CCCC)C1C(C)C(C)C(N(C2C(CCCC)CC(C)CC2CCCC)C2C(CCCC)CC(/C=C/C3CCC(C)CC3)CC2CCCC)C2CCCCC21. The zero-order valence-corrected chi connectivity index (χ0v) is 63.3. The van der Waals surface area contributed by atoms with E-state index in [4.69, 9.17) is 0 Å². The van der Waals surface area contributed by atoms with Gasteiger partial charge in [-0.15, -0.1) is 0 Å². The third-order valence-electron chi connectivity index (χ3n) is 28.7. The third-order valence-corrected chi connectivity index (χ3v) is 28.7. The summed E-state index contributed by atoms with van der Waals surface area (Å²) in [6.07, 6.45) is 75.1. The zero-order valence-electron chi connectivity index (χ0n) is 63.3. The highest BCUT2D eigenvalue weighted by Crippen LogP contribution is 2.59. The highest BCUT2D eigenvalue weighted by atomic mass is 15.3. The number of unbranched alkanes of at least 4 members (excludes halogenated alkanes) is 8. The van der Waals surface area contributed by atoms with Crippen LogP contribution >= 0.6 is 0 Å². The van der Waals surface area contributed by atoms with E-state index in [2.05, 4.69) is 131 Å². The van der Waals surface area contributed by atoms with E-state index in [1.54, 1.807) is 0 Å². The van der Waals surface area contributed by atoms with Crippen LogP contribution in [-0.4, -0.2) is 46.1 Å². The van der Waals surface area contributed by atoms with E-state index in [-0.39, 0.29) is 0 Å². The molecule has 8 rings (SSSR count). The summed E-state index contributed by atoms with van der Waals surface area (Å²) in [5.74, 6) is 16.6. The Morgan fingerprint density at radius 1 is 0.244 bits per heavy atom. The monoisotopic (exact) mass is 1250 g/mol. The molecule has 0 aromatic rings. The molecule has 0 aliphatic heterocycles. The smallest absolute Gasteiger partial charge is 0.0162 e. The van der Waals surface area contributed by atoms with Gasteiger partial charge in [0.2, 0.25) is 0 Å². The molecule has 90 heavy (non-hydrogen) atoms. The van der Waals surface area contributed by atoms with Crippen molar-refractivity contribution in [3.63, 3.8) is 0 Å². The number of hydrogen-bond acceptors (Lipinski definition) is 2. The van der Waals surface area contributed by atoms with Crippen molar-refractivity contribution in [3.05, 3.63) is 24.3 Å². The van der Waals surface area contributed by atoms with Crippen molar-refractivity contribution in [2.75, 3.05) is 0 Å². The van der Waals surface area contributed by atoms with Gasteiger partial charge in [-0.1, -0.05) is 262 Å². The van der Waals surface area contributed by atoms with Gasteiger partial charge in [0.05, 0.1) is 0 Å². The van der Waals surface area contributed by atoms with E-state index in [9.17, 15) is 0 Å². The first-order valence-electron chi connectivity index (χ1n) is 42.7. The molecule has 8 fully saturated rings. The molecule has 0 aromatic heterocycles. The zero-order chi connectivity index (χ0) is 64.1. The van der Waals surface area contributed by atoms with E-state index in [0.29, 0.717) is 11.8 Å². The van der Waals surface area contributed by atoms with Gasteiger partial charge in [-0.25, -0.2) is 0 Å². The van der Waals surface area contributed by atoms with Crippen molar-refractivity contribution in [2.45, 2.75) is 416 Å². The molecule has 0 spiro atoms. The lowest BCUT2D eigenvalue weighted by Gasteiger charge is -2.67. The van der Waals surface area contributed by atoms with Crippen LogP contribution in [0.5, 0.6) is 0 Å². The van der Waals surface area contributed by atoms with Crippen LogP contribution in [0.4, 0.5) is 0 Å². The molecule has 0 amide bonds. The van der Waals surface area contributed by atoms with Gasteiger partial charge in [-0.05, 0) is 260 Å². The molecule has 14 atom stereocenters. The maximum absolute atomic E-state index is 3.80. The molecular weight excluding hydrogens is 1080 g/mol. The van der Waals surface area contributed by atoms with E-state index < -0.39 is 0 Å². The van der Waals surface area contributed by atoms with Gasteiger partial charge in [-0.2, -0.15) is 0 Å². The van der Waals surface area contributed by atoms with Crippen molar-refractivity contribution in [3.8, 4) is 0 Å². The van der Waals surface area contributed by atoms with Crippen LogP contribution in [0.2, 0.25) is 0 Å². The average Bonchev–Trinajstić information content (AvgIpc) is 0.723. The van der Waals surface area contributed by atoms with Crippen molar-refractivity contribution < 1.29 is 0 Å². The molecule has 0 heterocycles. The van der Waals surface area contributed by atoms with Gasteiger partial charge in [-0.3, -0.25) is 9.80 Å². The maximum Gasteiger partial charge on any atom is 0.0162 e. The van der Waals surface area contributed by atoms with Crippen molar-refractivity contribution in [2.24, 2.45) is 118 Å². The molecule has 0 aromatic carbocycles. The van der Waals surface area contributed by atoms with Crippen molar-refractivity contribution in [1.82, 2.24) is 9.80 Å². The Hall–Kier alpha value is -0.600. The van der Waals surface area contributed by atoms with Crippen LogP contribution in [-0.2, 0) is 0 Å². The predicted octanol–water partition coefficient (Wildman–Crippen LogP) is 26.8. The Morgan fingerprint density at radius 2 is 0.467 bits per heavy atom. The summed E-state index contributed by atoms with van der Waals surface area (Å²) in [5, 5.41) is 0. The van der Waals surface area contributed by atoms with Crippen LogP contribution in [0.3, 0.4) is 0 Å². The Kier molecular flexibility index (Phi) is 32.7. The average molecular weight is 1250 g/mol. The van der Waals surface area contributed by atoms with Crippen molar-refractivity contribution in [1.29, 1.82) is 0 Å². The molecule has 0 saturated heterocycles. The molecule has 8 saturated carbocycles.